The number of carboxylic acids is 1. The Bertz CT molecular complexity index is 460. The molecule has 108 valence electrons. The highest BCUT2D eigenvalue weighted by molar-refractivity contribution is 7.91. The van der Waals surface area contributed by atoms with Crippen LogP contribution < -0.4 is 10.6 Å². The van der Waals surface area contributed by atoms with Crippen LogP contribution in [0.15, 0.2) is 0 Å². The average Bonchev–Trinajstić information content (AvgIpc) is 2.33. The number of urea groups is 1. The molecule has 0 saturated carbocycles. The van der Waals surface area contributed by atoms with Gasteiger partial charge in [-0.2, -0.15) is 0 Å². The zero-order valence-corrected chi connectivity index (χ0v) is 10.9. The minimum absolute atomic E-state index is 0.0882. The van der Waals surface area contributed by atoms with E-state index < -0.39 is 34.3 Å². The van der Waals surface area contributed by atoms with Crippen LogP contribution in [0, 0.1) is 0 Å². The third-order valence-electron chi connectivity index (χ3n) is 2.47. The summed E-state index contributed by atoms with van der Waals surface area (Å²) in [7, 11) is -3.06. The lowest BCUT2D eigenvalue weighted by Gasteiger charge is -2.26. The van der Waals surface area contributed by atoms with Crippen LogP contribution in [0.2, 0.25) is 0 Å². The van der Waals surface area contributed by atoms with E-state index in [2.05, 4.69) is 10.6 Å². The molecule has 3 N–H and O–H groups in total. The molecule has 0 aromatic carbocycles. The Labute approximate surface area is 109 Å². The quantitative estimate of drug-likeness (QED) is 0.530. The maximum absolute atomic E-state index is 11.6. The molecule has 1 fully saturated rings. The second-order valence-corrected chi connectivity index (χ2v) is 6.27. The molecule has 1 saturated heterocycles. The summed E-state index contributed by atoms with van der Waals surface area (Å²) in [5, 5.41) is 12.7. The summed E-state index contributed by atoms with van der Waals surface area (Å²) in [4.78, 5) is 34.2. The molecular weight excluding hydrogens is 278 g/mol. The number of rotatable bonds is 4. The van der Waals surface area contributed by atoms with Crippen LogP contribution in [0.25, 0.3) is 0 Å². The topological polar surface area (TPSA) is 133 Å². The van der Waals surface area contributed by atoms with Crippen molar-refractivity contribution in [2.24, 2.45) is 0 Å². The van der Waals surface area contributed by atoms with Gasteiger partial charge in [0.25, 0.3) is 0 Å². The lowest BCUT2D eigenvalue weighted by atomic mass is 10.5. The summed E-state index contributed by atoms with van der Waals surface area (Å²) in [5.74, 6) is -1.99. The molecule has 0 aromatic heterocycles. The molecular formula is C9H15N3O6S. The second-order valence-electron chi connectivity index (χ2n) is 3.97. The Morgan fingerprint density at radius 2 is 1.63 bits per heavy atom. The normalized spacial score (nSPS) is 17.6. The number of sulfone groups is 1. The summed E-state index contributed by atoms with van der Waals surface area (Å²) in [5.41, 5.74) is 0. The van der Waals surface area contributed by atoms with Crippen molar-refractivity contribution in [3.63, 3.8) is 0 Å². The van der Waals surface area contributed by atoms with E-state index in [1.165, 1.54) is 4.90 Å². The van der Waals surface area contributed by atoms with Gasteiger partial charge < -0.3 is 20.6 Å². The van der Waals surface area contributed by atoms with E-state index in [9.17, 15) is 22.8 Å². The van der Waals surface area contributed by atoms with Gasteiger partial charge >= 0.3 is 12.0 Å². The highest BCUT2D eigenvalue weighted by Crippen LogP contribution is 2.03. The lowest BCUT2D eigenvalue weighted by Crippen LogP contribution is -2.50. The van der Waals surface area contributed by atoms with Crippen molar-refractivity contribution in [2.75, 3.05) is 37.7 Å². The van der Waals surface area contributed by atoms with Gasteiger partial charge in [-0.15, -0.1) is 0 Å². The highest BCUT2D eigenvalue weighted by atomic mass is 32.2. The van der Waals surface area contributed by atoms with E-state index in [4.69, 9.17) is 5.11 Å². The predicted molar refractivity (Wildman–Crippen MR) is 64.3 cm³/mol. The smallest absolute Gasteiger partial charge is 0.322 e. The van der Waals surface area contributed by atoms with Crippen LogP contribution in [0.5, 0.6) is 0 Å². The molecule has 0 atom stereocenters. The zero-order chi connectivity index (χ0) is 14.5. The fraction of sp³-hybridized carbons (Fsp3) is 0.667. The largest absolute Gasteiger partial charge is 0.480 e. The number of amides is 3. The summed E-state index contributed by atoms with van der Waals surface area (Å²) in [6.45, 7) is -0.693. The Morgan fingerprint density at radius 1 is 1.05 bits per heavy atom. The fourth-order valence-corrected chi connectivity index (χ4v) is 2.62. The molecule has 19 heavy (non-hydrogen) atoms. The first-order valence-electron chi connectivity index (χ1n) is 5.52. The van der Waals surface area contributed by atoms with Crippen molar-refractivity contribution in [1.29, 1.82) is 0 Å². The van der Waals surface area contributed by atoms with Gasteiger partial charge in [-0.1, -0.05) is 0 Å². The molecule has 0 aromatic rings. The van der Waals surface area contributed by atoms with Gasteiger partial charge in [0.15, 0.2) is 9.84 Å². The fourth-order valence-electron chi connectivity index (χ4n) is 1.42. The molecule has 1 rings (SSSR count). The van der Waals surface area contributed by atoms with Crippen molar-refractivity contribution in [3.05, 3.63) is 0 Å². The standard InChI is InChI=1S/C9H15N3O6S/c13-7(10-6-8(14)15)5-11-9(16)12-1-3-19(17,18)4-2-12/h1-6H2,(H,10,13)(H,11,16)(H,14,15). The number of hydrogen-bond donors (Lipinski definition) is 3. The van der Waals surface area contributed by atoms with Crippen molar-refractivity contribution in [3.8, 4) is 0 Å². The van der Waals surface area contributed by atoms with Gasteiger partial charge in [0.05, 0.1) is 18.1 Å². The monoisotopic (exact) mass is 293 g/mol. The second kappa shape index (κ2) is 6.36. The van der Waals surface area contributed by atoms with Gasteiger partial charge in [0.2, 0.25) is 5.91 Å². The van der Waals surface area contributed by atoms with Gasteiger partial charge in [0, 0.05) is 13.1 Å². The van der Waals surface area contributed by atoms with Crippen LogP contribution in [0.3, 0.4) is 0 Å². The Morgan fingerprint density at radius 3 is 2.16 bits per heavy atom. The minimum atomic E-state index is -3.06. The average molecular weight is 293 g/mol. The summed E-state index contributed by atoms with van der Waals surface area (Å²) in [6, 6.07) is -0.541. The van der Waals surface area contributed by atoms with Crippen molar-refractivity contribution in [2.45, 2.75) is 0 Å². The Kier molecular flexibility index (Phi) is 5.10. The number of carbonyl (C=O) groups is 3. The van der Waals surface area contributed by atoms with Crippen molar-refractivity contribution >= 4 is 27.7 Å². The molecule has 3 amide bonds. The SMILES string of the molecule is O=C(O)CNC(=O)CNC(=O)N1CCS(=O)(=O)CC1. The van der Waals surface area contributed by atoms with E-state index >= 15 is 0 Å². The number of carboxylic acid groups (broad SMARTS) is 1. The van der Waals surface area contributed by atoms with Gasteiger partial charge in [-0.05, 0) is 0 Å². The third-order valence-corrected chi connectivity index (χ3v) is 4.08. The van der Waals surface area contributed by atoms with Crippen molar-refractivity contribution < 1.29 is 27.9 Å². The molecule has 10 heteroatoms. The van der Waals surface area contributed by atoms with Crippen LogP contribution in [-0.4, -0.2) is 74.0 Å². The van der Waals surface area contributed by atoms with E-state index in [1.807, 2.05) is 0 Å². The molecule has 9 nitrogen and oxygen atoms in total. The minimum Gasteiger partial charge on any atom is -0.480 e. The summed E-state index contributed by atoms with van der Waals surface area (Å²) >= 11 is 0. The Balaban J connectivity index is 2.28. The molecule has 1 heterocycles. The predicted octanol–water partition coefficient (Wildman–Crippen LogP) is -2.37. The van der Waals surface area contributed by atoms with E-state index in [-0.39, 0.29) is 31.1 Å². The van der Waals surface area contributed by atoms with Gasteiger partial charge in [0.1, 0.15) is 6.54 Å². The van der Waals surface area contributed by atoms with Crippen LogP contribution in [0.4, 0.5) is 4.79 Å². The number of carbonyl (C=O) groups excluding carboxylic acids is 2. The first kappa shape index (κ1) is 15.2. The molecule has 0 bridgehead atoms. The van der Waals surface area contributed by atoms with Gasteiger partial charge in [-0.3, -0.25) is 9.59 Å². The molecule has 1 aliphatic heterocycles. The molecule has 0 unspecified atom stereocenters. The maximum Gasteiger partial charge on any atom is 0.322 e. The van der Waals surface area contributed by atoms with E-state index in [1.54, 1.807) is 0 Å². The maximum atomic E-state index is 11.6. The first-order chi connectivity index (χ1) is 8.80. The van der Waals surface area contributed by atoms with E-state index in [0.29, 0.717) is 0 Å². The molecule has 1 aliphatic rings. The van der Waals surface area contributed by atoms with E-state index in [0.717, 1.165) is 0 Å². The first-order valence-corrected chi connectivity index (χ1v) is 7.34. The zero-order valence-electron chi connectivity index (χ0n) is 10.1. The molecule has 0 radical (unpaired) electrons. The summed E-state index contributed by atoms with van der Waals surface area (Å²) < 4.78 is 22.3. The number of hydrogen-bond acceptors (Lipinski definition) is 5. The Hall–Kier alpha value is -1.84. The lowest BCUT2D eigenvalue weighted by molar-refractivity contribution is -0.137. The number of nitrogens with zero attached hydrogens (tertiary/aromatic N) is 1. The van der Waals surface area contributed by atoms with Crippen LogP contribution in [-0.2, 0) is 19.4 Å². The number of nitrogens with one attached hydrogen (secondary N) is 2. The van der Waals surface area contributed by atoms with Gasteiger partial charge in [-0.25, -0.2) is 13.2 Å². The third kappa shape index (κ3) is 5.55. The van der Waals surface area contributed by atoms with Crippen LogP contribution in [0.1, 0.15) is 0 Å². The van der Waals surface area contributed by atoms with Crippen LogP contribution >= 0.6 is 0 Å². The highest BCUT2D eigenvalue weighted by Gasteiger charge is 2.24. The summed E-state index contributed by atoms with van der Waals surface area (Å²) in [6.07, 6.45) is 0. The number of aliphatic carboxylic acids is 1. The molecule has 0 aliphatic carbocycles. The molecule has 0 spiro atoms. The van der Waals surface area contributed by atoms with Crippen molar-refractivity contribution in [1.82, 2.24) is 15.5 Å².